The van der Waals surface area contributed by atoms with E-state index in [9.17, 15) is 9.59 Å². The Morgan fingerprint density at radius 2 is 1.65 bits per heavy atom. The Labute approximate surface area is 189 Å². The number of rotatable bonds is 3. The standard InChI is InChI=1S/C23H33ClN4O3/c1-16-14-28(15-17(2)31-16)22(29)18-6-10-26(11-7-18)21-20(24)12-19(13-25-21)23(30)27-8-4-3-5-9-27/h12-13,16-18H,3-11,14-15H2,1-2H3. The molecule has 2 amide bonds. The van der Waals surface area contributed by atoms with Gasteiger partial charge in [-0.1, -0.05) is 11.6 Å². The van der Waals surface area contributed by atoms with Crippen LogP contribution in [-0.2, 0) is 9.53 Å². The number of nitrogens with zero attached hydrogens (tertiary/aromatic N) is 4. The monoisotopic (exact) mass is 448 g/mol. The van der Waals surface area contributed by atoms with Gasteiger partial charge in [-0.25, -0.2) is 4.98 Å². The third-order valence-electron chi connectivity index (χ3n) is 6.59. The Balaban J connectivity index is 1.35. The van der Waals surface area contributed by atoms with Gasteiger partial charge in [-0.2, -0.15) is 0 Å². The molecule has 0 N–H and O–H groups in total. The van der Waals surface area contributed by atoms with Crippen molar-refractivity contribution in [2.75, 3.05) is 44.2 Å². The van der Waals surface area contributed by atoms with Crippen LogP contribution in [0.1, 0.15) is 56.3 Å². The van der Waals surface area contributed by atoms with Gasteiger partial charge in [0, 0.05) is 51.4 Å². The molecule has 0 spiro atoms. The first-order valence-electron chi connectivity index (χ1n) is 11.6. The lowest BCUT2D eigenvalue weighted by molar-refractivity contribution is -0.148. The van der Waals surface area contributed by atoms with Gasteiger partial charge >= 0.3 is 0 Å². The van der Waals surface area contributed by atoms with Crippen molar-refractivity contribution in [2.45, 2.75) is 58.2 Å². The SMILES string of the molecule is CC1CN(C(=O)C2CCN(c3ncc(C(=O)N4CCCCC4)cc3Cl)CC2)CC(C)O1. The number of carbonyl (C=O) groups is 2. The van der Waals surface area contributed by atoms with Gasteiger partial charge in [0.15, 0.2) is 0 Å². The molecule has 2 unspecified atom stereocenters. The van der Waals surface area contributed by atoms with E-state index in [-0.39, 0.29) is 29.9 Å². The summed E-state index contributed by atoms with van der Waals surface area (Å²) in [5.41, 5.74) is 0.552. The summed E-state index contributed by atoms with van der Waals surface area (Å²) >= 11 is 6.53. The van der Waals surface area contributed by atoms with Crippen LogP contribution in [0.3, 0.4) is 0 Å². The van der Waals surface area contributed by atoms with E-state index in [0.717, 1.165) is 51.9 Å². The average molecular weight is 449 g/mol. The first-order valence-corrected chi connectivity index (χ1v) is 11.9. The van der Waals surface area contributed by atoms with E-state index >= 15 is 0 Å². The second-order valence-corrected chi connectivity index (χ2v) is 9.55. The van der Waals surface area contributed by atoms with Crippen molar-refractivity contribution in [3.63, 3.8) is 0 Å². The highest BCUT2D eigenvalue weighted by atomic mass is 35.5. The van der Waals surface area contributed by atoms with E-state index in [1.165, 1.54) is 6.42 Å². The molecule has 0 radical (unpaired) electrons. The number of ether oxygens (including phenoxy) is 1. The topological polar surface area (TPSA) is 66.0 Å². The molecular weight excluding hydrogens is 416 g/mol. The smallest absolute Gasteiger partial charge is 0.255 e. The van der Waals surface area contributed by atoms with Crippen molar-refractivity contribution in [3.8, 4) is 0 Å². The Bertz CT molecular complexity index is 796. The fourth-order valence-electron chi connectivity index (χ4n) is 5.01. The molecule has 4 heterocycles. The Hall–Kier alpha value is -1.86. The number of pyridine rings is 1. The molecule has 3 aliphatic rings. The molecule has 3 aliphatic heterocycles. The number of piperidine rings is 2. The van der Waals surface area contributed by atoms with Crippen molar-refractivity contribution in [2.24, 2.45) is 5.92 Å². The predicted molar refractivity (Wildman–Crippen MR) is 121 cm³/mol. The molecule has 0 saturated carbocycles. The highest BCUT2D eigenvalue weighted by Crippen LogP contribution is 2.30. The summed E-state index contributed by atoms with van der Waals surface area (Å²) in [5.74, 6) is 0.992. The number of anilines is 1. The lowest BCUT2D eigenvalue weighted by Gasteiger charge is -2.39. The van der Waals surface area contributed by atoms with Gasteiger partial charge in [0.2, 0.25) is 5.91 Å². The number of aromatic nitrogens is 1. The minimum absolute atomic E-state index is 0.0129. The first kappa shape index (κ1) is 22.3. The van der Waals surface area contributed by atoms with Crippen LogP contribution >= 0.6 is 11.6 Å². The fraction of sp³-hybridized carbons (Fsp3) is 0.696. The minimum Gasteiger partial charge on any atom is -0.372 e. The summed E-state index contributed by atoms with van der Waals surface area (Å²) < 4.78 is 5.75. The van der Waals surface area contributed by atoms with Crippen molar-refractivity contribution in [3.05, 3.63) is 22.8 Å². The van der Waals surface area contributed by atoms with Gasteiger partial charge in [-0.3, -0.25) is 9.59 Å². The number of hydrogen-bond donors (Lipinski definition) is 0. The molecule has 4 rings (SSSR count). The lowest BCUT2D eigenvalue weighted by Crippen LogP contribution is -2.51. The average Bonchev–Trinajstić information content (AvgIpc) is 2.78. The molecule has 2 atom stereocenters. The molecule has 0 aromatic carbocycles. The maximum absolute atomic E-state index is 13.0. The van der Waals surface area contributed by atoms with Gasteiger partial charge in [-0.15, -0.1) is 0 Å². The Morgan fingerprint density at radius 3 is 2.26 bits per heavy atom. The minimum atomic E-state index is 0.0129. The number of morpholine rings is 1. The zero-order chi connectivity index (χ0) is 22.0. The van der Waals surface area contributed by atoms with Crippen LogP contribution in [0.5, 0.6) is 0 Å². The molecule has 31 heavy (non-hydrogen) atoms. The lowest BCUT2D eigenvalue weighted by atomic mass is 9.94. The summed E-state index contributed by atoms with van der Waals surface area (Å²) in [6, 6.07) is 1.74. The molecule has 1 aromatic rings. The van der Waals surface area contributed by atoms with Crippen LogP contribution in [0.15, 0.2) is 12.3 Å². The van der Waals surface area contributed by atoms with E-state index in [2.05, 4.69) is 9.88 Å². The summed E-state index contributed by atoms with van der Waals surface area (Å²) in [7, 11) is 0. The first-order chi connectivity index (χ1) is 14.9. The van der Waals surface area contributed by atoms with E-state index in [4.69, 9.17) is 16.3 Å². The molecule has 0 aliphatic carbocycles. The number of carbonyl (C=O) groups excluding carboxylic acids is 2. The summed E-state index contributed by atoms with van der Waals surface area (Å²) in [4.78, 5) is 36.2. The van der Waals surface area contributed by atoms with Gasteiger partial charge < -0.3 is 19.4 Å². The van der Waals surface area contributed by atoms with Crippen LogP contribution in [0.2, 0.25) is 5.02 Å². The molecule has 7 nitrogen and oxygen atoms in total. The predicted octanol–water partition coefficient (Wildman–Crippen LogP) is 3.21. The van der Waals surface area contributed by atoms with Crippen molar-refractivity contribution >= 4 is 29.2 Å². The van der Waals surface area contributed by atoms with Crippen LogP contribution in [0.4, 0.5) is 5.82 Å². The van der Waals surface area contributed by atoms with Crippen molar-refractivity contribution in [1.29, 1.82) is 0 Å². The van der Waals surface area contributed by atoms with E-state index in [1.54, 1.807) is 12.3 Å². The molecular formula is C23H33ClN4O3. The summed E-state index contributed by atoms with van der Waals surface area (Å²) in [6.45, 7) is 8.46. The Kier molecular flexibility index (Phi) is 7.02. The second kappa shape index (κ2) is 9.74. The van der Waals surface area contributed by atoms with Crippen molar-refractivity contribution in [1.82, 2.24) is 14.8 Å². The molecule has 170 valence electrons. The van der Waals surface area contributed by atoms with E-state index in [0.29, 0.717) is 29.5 Å². The maximum atomic E-state index is 13.0. The van der Waals surface area contributed by atoms with Crippen LogP contribution in [0.25, 0.3) is 0 Å². The number of hydrogen-bond acceptors (Lipinski definition) is 5. The number of likely N-dealkylation sites (tertiary alicyclic amines) is 1. The van der Waals surface area contributed by atoms with E-state index < -0.39 is 0 Å². The molecule has 0 bridgehead atoms. The van der Waals surface area contributed by atoms with Crippen LogP contribution < -0.4 is 4.90 Å². The van der Waals surface area contributed by atoms with E-state index in [1.807, 2.05) is 23.6 Å². The number of amides is 2. The largest absolute Gasteiger partial charge is 0.372 e. The second-order valence-electron chi connectivity index (χ2n) is 9.14. The third kappa shape index (κ3) is 5.14. The van der Waals surface area contributed by atoms with Crippen LogP contribution in [0, 0.1) is 5.92 Å². The van der Waals surface area contributed by atoms with Crippen molar-refractivity contribution < 1.29 is 14.3 Å². The quantitative estimate of drug-likeness (QED) is 0.710. The van der Waals surface area contributed by atoms with Gasteiger partial charge in [0.1, 0.15) is 5.82 Å². The number of halogens is 1. The van der Waals surface area contributed by atoms with Gasteiger partial charge in [-0.05, 0) is 52.0 Å². The maximum Gasteiger partial charge on any atom is 0.255 e. The van der Waals surface area contributed by atoms with Gasteiger partial charge in [0.25, 0.3) is 5.91 Å². The Morgan fingerprint density at radius 1 is 1.00 bits per heavy atom. The molecule has 8 heteroatoms. The van der Waals surface area contributed by atoms with Crippen LogP contribution in [-0.4, -0.2) is 78.1 Å². The normalized spacial score (nSPS) is 25.6. The highest BCUT2D eigenvalue weighted by molar-refractivity contribution is 6.33. The van der Waals surface area contributed by atoms with Gasteiger partial charge in [0.05, 0.1) is 22.8 Å². The zero-order valence-electron chi connectivity index (χ0n) is 18.6. The molecule has 1 aromatic heterocycles. The molecule has 3 saturated heterocycles. The zero-order valence-corrected chi connectivity index (χ0v) is 19.3. The highest BCUT2D eigenvalue weighted by Gasteiger charge is 2.33. The summed E-state index contributed by atoms with van der Waals surface area (Å²) in [6.07, 6.45) is 6.68. The summed E-state index contributed by atoms with van der Waals surface area (Å²) in [5, 5.41) is 0.503. The third-order valence-corrected chi connectivity index (χ3v) is 6.87. The fourth-order valence-corrected chi connectivity index (χ4v) is 5.30. The molecule has 3 fully saturated rings.